The average Bonchev–Trinajstić information content (AvgIpc) is 3.12. The van der Waals surface area contributed by atoms with Gasteiger partial charge in [0, 0.05) is 61.1 Å². The van der Waals surface area contributed by atoms with E-state index in [2.05, 4.69) is 58.3 Å². The van der Waals surface area contributed by atoms with E-state index in [1.54, 1.807) is 0 Å². The number of aromatic amines is 1. The van der Waals surface area contributed by atoms with E-state index in [1.165, 1.54) is 16.6 Å². The van der Waals surface area contributed by atoms with Crippen molar-refractivity contribution in [1.82, 2.24) is 9.88 Å². The molecule has 1 aromatic heterocycles. The largest absolute Gasteiger partial charge is 0.369 e. The number of nitrogens with one attached hydrogen (secondary N) is 2. The fourth-order valence-electron chi connectivity index (χ4n) is 3.85. The summed E-state index contributed by atoms with van der Waals surface area (Å²) in [7, 11) is 2.16. The number of fused-ring (bicyclic) bond motifs is 1. The molecule has 0 spiro atoms. The zero-order valence-electron chi connectivity index (χ0n) is 16.7. The number of benzene rings is 2. The monoisotopic (exact) mass is 376 g/mol. The van der Waals surface area contributed by atoms with Gasteiger partial charge < -0.3 is 20.1 Å². The van der Waals surface area contributed by atoms with E-state index in [0.717, 1.165) is 49.4 Å². The van der Waals surface area contributed by atoms with E-state index in [9.17, 15) is 4.79 Å². The Bertz CT molecular complexity index is 970. The minimum absolute atomic E-state index is 0.0562. The highest BCUT2D eigenvalue weighted by Gasteiger charge is 2.15. The molecular weight excluding hydrogens is 348 g/mol. The standard InChI is InChI=1S/C23H28N4O/c1-17-15-19(27-13-11-26(2)12-14-27)8-9-21(17)25-23(28)10-7-18-16-24-22-6-4-3-5-20(18)22/h3-6,8-9,15-16,24H,7,10-14H2,1-2H3,(H,25,28). The van der Waals surface area contributed by atoms with Gasteiger partial charge in [0.2, 0.25) is 5.91 Å². The van der Waals surface area contributed by atoms with Gasteiger partial charge in [0.05, 0.1) is 0 Å². The number of likely N-dealkylation sites (N-methyl/N-ethyl adjacent to an activating group) is 1. The maximum Gasteiger partial charge on any atom is 0.224 e. The first-order valence-electron chi connectivity index (χ1n) is 9.99. The molecule has 2 N–H and O–H groups in total. The molecule has 1 amide bonds. The van der Waals surface area contributed by atoms with Gasteiger partial charge in [-0.05, 0) is 55.8 Å². The van der Waals surface area contributed by atoms with E-state index in [0.29, 0.717) is 6.42 Å². The van der Waals surface area contributed by atoms with Crippen LogP contribution in [0.25, 0.3) is 10.9 Å². The predicted molar refractivity (Wildman–Crippen MR) is 116 cm³/mol. The van der Waals surface area contributed by atoms with Crippen molar-refractivity contribution in [2.75, 3.05) is 43.4 Å². The van der Waals surface area contributed by atoms with Crippen molar-refractivity contribution in [3.05, 3.63) is 59.8 Å². The lowest BCUT2D eigenvalue weighted by molar-refractivity contribution is -0.116. The van der Waals surface area contributed by atoms with Crippen molar-refractivity contribution < 1.29 is 4.79 Å². The first kappa shape index (κ1) is 18.6. The van der Waals surface area contributed by atoms with Crippen LogP contribution in [-0.2, 0) is 11.2 Å². The van der Waals surface area contributed by atoms with E-state index < -0.39 is 0 Å². The quantitative estimate of drug-likeness (QED) is 0.712. The molecule has 146 valence electrons. The Balaban J connectivity index is 1.36. The number of amides is 1. The highest BCUT2D eigenvalue weighted by molar-refractivity contribution is 5.92. The topological polar surface area (TPSA) is 51.4 Å². The molecule has 0 saturated carbocycles. The van der Waals surface area contributed by atoms with Gasteiger partial charge in [-0.1, -0.05) is 18.2 Å². The summed E-state index contributed by atoms with van der Waals surface area (Å²) in [6.45, 7) is 6.34. The summed E-state index contributed by atoms with van der Waals surface area (Å²) in [6, 6.07) is 14.5. The third kappa shape index (κ3) is 4.04. The number of aryl methyl sites for hydroxylation is 2. The lowest BCUT2D eigenvalue weighted by Crippen LogP contribution is -2.44. The predicted octanol–water partition coefficient (Wildman–Crippen LogP) is 3.80. The van der Waals surface area contributed by atoms with E-state index in [1.807, 2.05) is 24.4 Å². The number of hydrogen-bond donors (Lipinski definition) is 2. The molecular formula is C23H28N4O. The molecule has 0 bridgehead atoms. The summed E-state index contributed by atoms with van der Waals surface area (Å²) in [5, 5.41) is 4.28. The van der Waals surface area contributed by atoms with Crippen molar-refractivity contribution in [3.8, 4) is 0 Å². The molecule has 1 saturated heterocycles. The minimum atomic E-state index is 0.0562. The molecule has 2 heterocycles. The van der Waals surface area contributed by atoms with Crippen LogP contribution in [0.3, 0.4) is 0 Å². The van der Waals surface area contributed by atoms with Crippen molar-refractivity contribution in [2.24, 2.45) is 0 Å². The van der Waals surface area contributed by atoms with Crippen LogP contribution in [0, 0.1) is 6.92 Å². The lowest BCUT2D eigenvalue weighted by atomic mass is 10.1. The first-order chi connectivity index (χ1) is 13.6. The average molecular weight is 377 g/mol. The van der Waals surface area contributed by atoms with Crippen LogP contribution in [0.4, 0.5) is 11.4 Å². The van der Waals surface area contributed by atoms with E-state index in [-0.39, 0.29) is 5.91 Å². The molecule has 0 unspecified atom stereocenters. The number of nitrogens with zero attached hydrogens (tertiary/aromatic N) is 2. The molecule has 1 aliphatic rings. The van der Waals surface area contributed by atoms with Crippen LogP contribution in [0.5, 0.6) is 0 Å². The fraction of sp³-hybridized carbons (Fsp3) is 0.348. The van der Waals surface area contributed by atoms with Gasteiger partial charge in [0.15, 0.2) is 0 Å². The van der Waals surface area contributed by atoms with Gasteiger partial charge in [-0.25, -0.2) is 0 Å². The molecule has 5 nitrogen and oxygen atoms in total. The second-order valence-electron chi connectivity index (χ2n) is 7.70. The van der Waals surface area contributed by atoms with Crippen LogP contribution in [0.1, 0.15) is 17.5 Å². The molecule has 3 aromatic rings. The number of piperazine rings is 1. The SMILES string of the molecule is Cc1cc(N2CCN(C)CC2)ccc1NC(=O)CCc1c[nH]c2ccccc12. The van der Waals surface area contributed by atoms with Crippen molar-refractivity contribution >= 4 is 28.2 Å². The van der Waals surface area contributed by atoms with Crippen LogP contribution >= 0.6 is 0 Å². The van der Waals surface area contributed by atoms with Crippen LogP contribution in [0.15, 0.2) is 48.7 Å². The van der Waals surface area contributed by atoms with Gasteiger partial charge in [0.1, 0.15) is 0 Å². The van der Waals surface area contributed by atoms with Crippen LogP contribution in [0.2, 0.25) is 0 Å². The number of aromatic nitrogens is 1. The molecule has 28 heavy (non-hydrogen) atoms. The Kier molecular flexibility index (Phi) is 5.35. The molecule has 1 fully saturated rings. The fourth-order valence-corrected chi connectivity index (χ4v) is 3.85. The third-order valence-electron chi connectivity index (χ3n) is 5.65. The Morgan fingerprint density at radius 2 is 1.89 bits per heavy atom. The molecule has 4 rings (SSSR count). The van der Waals surface area contributed by atoms with Crippen LogP contribution in [-0.4, -0.2) is 49.0 Å². The summed E-state index contributed by atoms with van der Waals surface area (Å²) in [6.07, 6.45) is 3.21. The number of para-hydroxylation sites is 1. The first-order valence-corrected chi connectivity index (χ1v) is 9.99. The normalized spacial score (nSPS) is 15.1. The summed E-state index contributed by atoms with van der Waals surface area (Å²) in [5.41, 5.74) is 5.56. The number of carbonyl (C=O) groups is 1. The number of anilines is 2. The summed E-state index contributed by atoms with van der Waals surface area (Å²) in [4.78, 5) is 20.5. The molecule has 0 radical (unpaired) electrons. The zero-order chi connectivity index (χ0) is 19.5. The molecule has 0 aliphatic carbocycles. The number of hydrogen-bond acceptors (Lipinski definition) is 3. The van der Waals surface area contributed by atoms with E-state index in [4.69, 9.17) is 0 Å². The highest BCUT2D eigenvalue weighted by Crippen LogP contribution is 2.24. The van der Waals surface area contributed by atoms with Crippen molar-refractivity contribution in [3.63, 3.8) is 0 Å². The second kappa shape index (κ2) is 8.07. The minimum Gasteiger partial charge on any atom is -0.369 e. The van der Waals surface area contributed by atoms with Gasteiger partial charge in [-0.2, -0.15) is 0 Å². The summed E-state index contributed by atoms with van der Waals surface area (Å²) >= 11 is 0. The summed E-state index contributed by atoms with van der Waals surface area (Å²) < 4.78 is 0. The zero-order valence-corrected chi connectivity index (χ0v) is 16.7. The van der Waals surface area contributed by atoms with Crippen molar-refractivity contribution in [1.29, 1.82) is 0 Å². The number of H-pyrrole nitrogens is 1. The lowest BCUT2D eigenvalue weighted by Gasteiger charge is -2.34. The second-order valence-corrected chi connectivity index (χ2v) is 7.70. The van der Waals surface area contributed by atoms with Gasteiger partial charge in [0.25, 0.3) is 0 Å². The molecule has 1 aliphatic heterocycles. The molecule has 2 aromatic carbocycles. The van der Waals surface area contributed by atoms with Gasteiger partial charge >= 0.3 is 0 Å². The Morgan fingerprint density at radius 1 is 1.11 bits per heavy atom. The summed E-state index contributed by atoms with van der Waals surface area (Å²) in [5.74, 6) is 0.0562. The number of carbonyl (C=O) groups excluding carboxylic acids is 1. The smallest absolute Gasteiger partial charge is 0.224 e. The maximum absolute atomic E-state index is 12.5. The number of rotatable bonds is 5. The molecule has 5 heteroatoms. The van der Waals surface area contributed by atoms with Crippen molar-refractivity contribution in [2.45, 2.75) is 19.8 Å². The Hall–Kier alpha value is -2.79. The van der Waals surface area contributed by atoms with Gasteiger partial charge in [-0.15, -0.1) is 0 Å². The van der Waals surface area contributed by atoms with E-state index >= 15 is 0 Å². The molecule has 0 atom stereocenters. The highest BCUT2D eigenvalue weighted by atomic mass is 16.1. The van der Waals surface area contributed by atoms with Crippen LogP contribution < -0.4 is 10.2 Å². The Labute approximate surface area is 166 Å². The Morgan fingerprint density at radius 3 is 2.68 bits per heavy atom. The maximum atomic E-state index is 12.5. The van der Waals surface area contributed by atoms with Gasteiger partial charge in [-0.3, -0.25) is 4.79 Å². The third-order valence-corrected chi connectivity index (χ3v) is 5.65.